The summed E-state index contributed by atoms with van der Waals surface area (Å²) in [7, 11) is -1.57. The second-order valence-electron chi connectivity index (χ2n) is 7.55. The van der Waals surface area contributed by atoms with Crippen LogP contribution in [-0.4, -0.2) is 49.4 Å². The number of hydrogen-bond donors (Lipinski definition) is 0. The smallest absolute Gasteiger partial charge is 0.251 e. The molecule has 2 atom stereocenters. The highest BCUT2D eigenvalue weighted by molar-refractivity contribution is 8.16. The number of anilines is 1. The Labute approximate surface area is 174 Å². The maximum absolute atomic E-state index is 12.8. The van der Waals surface area contributed by atoms with Crippen LogP contribution in [0.4, 0.5) is 5.69 Å². The average molecular weight is 443 g/mol. The SMILES string of the molecule is COc1ccc(Cl)cc1N1C(=NC(=O)C2CCCCC2)S[C@@H]2CS(=O)(=O)C[C@H]21. The zero-order valence-corrected chi connectivity index (χ0v) is 18.0. The molecule has 0 unspecified atom stereocenters. The van der Waals surface area contributed by atoms with Crippen molar-refractivity contribution in [2.45, 2.75) is 43.4 Å². The lowest BCUT2D eigenvalue weighted by molar-refractivity contribution is -0.122. The summed E-state index contributed by atoms with van der Waals surface area (Å²) in [5, 5.41) is 0.927. The number of thioether (sulfide) groups is 1. The third-order valence-corrected chi connectivity index (χ3v) is 9.07. The standard InChI is InChI=1S/C19H23ClN2O4S2/c1-26-16-8-7-13(20)9-14(16)22-15-10-28(24,25)11-17(15)27-19(22)21-18(23)12-5-3-2-4-6-12/h7-9,12,15,17H,2-6,10-11H2,1H3/t15-,17-/m1/s1. The molecule has 0 radical (unpaired) electrons. The molecule has 0 spiro atoms. The van der Waals surface area contributed by atoms with Crippen molar-refractivity contribution in [3.05, 3.63) is 23.2 Å². The van der Waals surface area contributed by atoms with Gasteiger partial charge in [0.25, 0.3) is 5.91 Å². The van der Waals surface area contributed by atoms with Crippen molar-refractivity contribution in [2.75, 3.05) is 23.5 Å². The number of hydrogen-bond acceptors (Lipinski definition) is 5. The van der Waals surface area contributed by atoms with Crippen molar-refractivity contribution >= 4 is 50.0 Å². The quantitative estimate of drug-likeness (QED) is 0.712. The maximum atomic E-state index is 12.8. The minimum atomic E-state index is -3.12. The lowest BCUT2D eigenvalue weighted by Crippen LogP contribution is -2.38. The first-order chi connectivity index (χ1) is 13.4. The van der Waals surface area contributed by atoms with E-state index >= 15 is 0 Å². The van der Waals surface area contributed by atoms with Gasteiger partial charge in [-0.15, -0.1) is 0 Å². The van der Waals surface area contributed by atoms with Gasteiger partial charge in [-0.3, -0.25) is 4.79 Å². The molecule has 2 aliphatic heterocycles. The van der Waals surface area contributed by atoms with Gasteiger partial charge in [0.05, 0.1) is 30.3 Å². The zero-order valence-electron chi connectivity index (χ0n) is 15.6. The number of methoxy groups -OCH3 is 1. The number of carbonyl (C=O) groups excluding carboxylic acids is 1. The van der Waals surface area contributed by atoms with Crippen molar-refractivity contribution in [3.63, 3.8) is 0 Å². The monoisotopic (exact) mass is 442 g/mol. The number of ether oxygens (including phenoxy) is 1. The number of halogens is 1. The number of sulfone groups is 1. The summed E-state index contributed by atoms with van der Waals surface area (Å²) in [6.07, 6.45) is 5.04. The summed E-state index contributed by atoms with van der Waals surface area (Å²) in [5.41, 5.74) is 0.655. The van der Waals surface area contributed by atoms with Gasteiger partial charge in [-0.25, -0.2) is 8.42 Å². The Balaban J connectivity index is 1.72. The van der Waals surface area contributed by atoms with Crippen LogP contribution in [0.1, 0.15) is 32.1 Å². The first-order valence-electron chi connectivity index (χ1n) is 9.50. The summed E-state index contributed by atoms with van der Waals surface area (Å²) < 4.78 is 29.9. The minimum absolute atomic E-state index is 0.0332. The van der Waals surface area contributed by atoms with Gasteiger partial charge in [-0.2, -0.15) is 4.99 Å². The van der Waals surface area contributed by atoms with Crippen LogP contribution in [0.3, 0.4) is 0 Å². The maximum Gasteiger partial charge on any atom is 0.251 e. The molecule has 0 bridgehead atoms. The van der Waals surface area contributed by atoms with Gasteiger partial charge in [-0.05, 0) is 31.0 Å². The normalized spacial score (nSPS) is 28.5. The second kappa shape index (κ2) is 7.88. The fourth-order valence-electron chi connectivity index (χ4n) is 4.23. The highest BCUT2D eigenvalue weighted by Gasteiger charge is 2.50. The van der Waals surface area contributed by atoms with Crippen LogP contribution in [0, 0.1) is 5.92 Å². The molecule has 1 aliphatic carbocycles. The molecule has 1 aromatic rings. The Kier molecular flexibility index (Phi) is 5.64. The lowest BCUT2D eigenvalue weighted by Gasteiger charge is -2.27. The predicted molar refractivity (Wildman–Crippen MR) is 113 cm³/mol. The Hall–Kier alpha value is -1.25. The number of nitrogens with zero attached hydrogens (tertiary/aromatic N) is 2. The van der Waals surface area contributed by atoms with Crippen molar-refractivity contribution in [1.29, 1.82) is 0 Å². The fourth-order valence-corrected chi connectivity index (χ4v) is 8.31. The van der Waals surface area contributed by atoms with Gasteiger partial charge in [0, 0.05) is 16.2 Å². The second-order valence-corrected chi connectivity index (χ2v) is 11.4. The number of carbonyl (C=O) groups is 1. The van der Waals surface area contributed by atoms with E-state index in [0.29, 0.717) is 21.6 Å². The summed E-state index contributed by atoms with van der Waals surface area (Å²) in [4.78, 5) is 19.1. The number of rotatable bonds is 3. The van der Waals surface area contributed by atoms with Gasteiger partial charge in [0.2, 0.25) is 0 Å². The van der Waals surface area contributed by atoms with E-state index in [1.54, 1.807) is 25.3 Å². The van der Waals surface area contributed by atoms with Crippen LogP contribution in [-0.2, 0) is 14.6 Å². The molecule has 3 fully saturated rings. The van der Waals surface area contributed by atoms with E-state index in [1.807, 2.05) is 4.90 Å². The van der Waals surface area contributed by atoms with E-state index < -0.39 is 9.84 Å². The molecule has 2 heterocycles. The summed E-state index contributed by atoms with van der Waals surface area (Å²) in [5.74, 6) is 0.577. The highest BCUT2D eigenvalue weighted by Crippen LogP contribution is 2.44. The number of amides is 1. The molecule has 4 rings (SSSR count). The highest BCUT2D eigenvalue weighted by atomic mass is 35.5. The van der Waals surface area contributed by atoms with E-state index in [-0.39, 0.29) is 34.6 Å². The predicted octanol–water partition coefficient (Wildman–Crippen LogP) is 3.53. The molecule has 28 heavy (non-hydrogen) atoms. The third kappa shape index (κ3) is 3.91. The van der Waals surface area contributed by atoms with E-state index in [4.69, 9.17) is 16.3 Å². The summed E-state index contributed by atoms with van der Waals surface area (Å²) >= 11 is 7.59. The molecule has 152 valence electrons. The molecule has 0 N–H and O–H groups in total. The third-order valence-electron chi connectivity index (χ3n) is 5.63. The van der Waals surface area contributed by atoms with E-state index in [1.165, 1.54) is 18.2 Å². The Bertz CT molecular complexity index is 913. The van der Waals surface area contributed by atoms with Crippen LogP contribution in [0.15, 0.2) is 23.2 Å². The van der Waals surface area contributed by atoms with Crippen LogP contribution in [0.5, 0.6) is 5.75 Å². The molecule has 1 aromatic carbocycles. The van der Waals surface area contributed by atoms with Crippen molar-refractivity contribution < 1.29 is 17.9 Å². The fraction of sp³-hybridized carbons (Fsp3) is 0.579. The number of amidine groups is 1. The van der Waals surface area contributed by atoms with Crippen LogP contribution in [0.25, 0.3) is 0 Å². The van der Waals surface area contributed by atoms with Crippen LogP contribution >= 0.6 is 23.4 Å². The average Bonchev–Trinajstić information content (AvgIpc) is 3.13. The van der Waals surface area contributed by atoms with Gasteiger partial charge in [0.15, 0.2) is 15.0 Å². The molecular weight excluding hydrogens is 420 g/mol. The largest absolute Gasteiger partial charge is 0.495 e. The zero-order chi connectivity index (χ0) is 19.9. The Morgan fingerprint density at radius 2 is 2.00 bits per heavy atom. The molecule has 9 heteroatoms. The van der Waals surface area contributed by atoms with Gasteiger partial charge < -0.3 is 9.64 Å². The number of fused-ring (bicyclic) bond motifs is 1. The van der Waals surface area contributed by atoms with E-state index in [9.17, 15) is 13.2 Å². The number of benzene rings is 1. The molecule has 1 saturated carbocycles. The van der Waals surface area contributed by atoms with Gasteiger partial charge in [-0.1, -0.05) is 42.6 Å². The lowest BCUT2D eigenvalue weighted by atomic mass is 9.89. The summed E-state index contributed by atoms with van der Waals surface area (Å²) in [6.45, 7) is 0. The van der Waals surface area contributed by atoms with Gasteiger partial charge in [0.1, 0.15) is 5.75 Å². The van der Waals surface area contributed by atoms with E-state index in [2.05, 4.69) is 4.99 Å². The molecule has 6 nitrogen and oxygen atoms in total. The van der Waals surface area contributed by atoms with Crippen LogP contribution in [0.2, 0.25) is 5.02 Å². The van der Waals surface area contributed by atoms with Crippen molar-refractivity contribution in [1.82, 2.24) is 0 Å². The Morgan fingerprint density at radius 3 is 2.71 bits per heavy atom. The topological polar surface area (TPSA) is 76.0 Å². The molecule has 1 amide bonds. The van der Waals surface area contributed by atoms with Crippen LogP contribution < -0.4 is 9.64 Å². The van der Waals surface area contributed by atoms with Crippen molar-refractivity contribution in [2.24, 2.45) is 10.9 Å². The van der Waals surface area contributed by atoms with Gasteiger partial charge >= 0.3 is 0 Å². The van der Waals surface area contributed by atoms with E-state index in [0.717, 1.165) is 25.7 Å². The first kappa shape index (κ1) is 20.0. The molecule has 3 aliphatic rings. The summed E-state index contributed by atoms with van der Waals surface area (Å²) in [6, 6.07) is 4.94. The Morgan fingerprint density at radius 1 is 1.25 bits per heavy atom. The first-order valence-corrected chi connectivity index (χ1v) is 12.6. The molecule has 0 aromatic heterocycles. The molecule has 2 saturated heterocycles. The van der Waals surface area contributed by atoms with Crippen molar-refractivity contribution in [3.8, 4) is 5.75 Å². The molecular formula is C19H23ClN2O4S2. The minimum Gasteiger partial charge on any atom is -0.495 e. The number of aliphatic imine (C=N–C) groups is 1.